The molecule has 0 spiro atoms. The lowest BCUT2D eigenvalue weighted by Crippen LogP contribution is -2.37. The molecule has 15 heavy (non-hydrogen) atoms. The minimum atomic E-state index is 0.544. The Balaban J connectivity index is 1.66. The van der Waals surface area contributed by atoms with Crippen molar-refractivity contribution in [3.05, 3.63) is 30.1 Å². The lowest BCUT2D eigenvalue weighted by Gasteiger charge is -2.23. The monoisotopic (exact) mass is 206 g/mol. The molecule has 82 valence electrons. The summed E-state index contributed by atoms with van der Waals surface area (Å²) in [6.45, 7) is 2.56. The molecule has 2 rings (SSSR count). The van der Waals surface area contributed by atoms with Crippen LogP contribution in [0.5, 0.6) is 0 Å². The number of nitrogens with one attached hydrogen (secondary N) is 1. The maximum absolute atomic E-state index is 5.63. The summed E-state index contributed by atoms with van der Waals surface area (Å²) in [5.74, 6) is 0. The second-order valence-electron chi connectivity index (χ2n) is 3.98. The lowest BCUT2D eigenvalue weighted by molar-refractivity contribution is 0.0890. The van der Waals surface area contributed by atoms with E-state index in [2.05, 4.69) is 10.3 Å². The van der Waals surface area contributed by atoms with Crippen LogP contribution in [-0.2, 0) is 11.3 Å². The maximum atomic E-state index is 5.63. The molecule has 1 atom stereocenters. The molecule has 1 unspecified atom stereocenters. The van der Waals surface area contributed by atoms with Crippen LogP contribution in [0, 0.1) is 0 Å². The number of pyridine rings is 1. The number of ether oxygens (including phenoxy) is 1. The summed E-state index contributed by atoms with van der Waals surface area (Å²) in [4.78, 5) is 4.22. The number of hydrogen-bond acceptors (Lipinski definition) is 3. The summed E-state index contributed by atoms with van der Waals surface area (Å²) in [6, 6.07) is 6.45. The molecule has 1 aromatic rings. The van der Waals surface area contributed by atoms with Crippen molar-refractivity contribution < 1.29 is 4.74 Å². The Hall–Kier alpha value is -0.930. The Morgan fingerprint density at radius 1 is 1.40 bits per heavy atom. The van der Waals surface area contributed by atoms with Crippen molar-refractivity contribution in [2.24, 2.45) is 0 Å². The molecule has 0 bridgehead atoms. The Morgan fingerprint density at radius 2 is 2.40 bits per heavy atom. The number of aromatic nitrogens is 1. The predicted octanol–water partition coefficient (Wildman–Crippen LogP) is 1.74. The first-order valence-corrected chi connectivity index (χ1v) is 5.66. The van der Waals surface area contributed by atoms with Crippen LogP contribution in [0.2, 0.25) is 0 Å². The van der Waals surface area contributed by atoms with Gasteiger partial charge in [0.1, 0.15) is 0 Å². The van der Waals surface area contributed by atoms with Gasteiger partial charge in [-0.3, -0.25) is 4.98 Å². The number of rotatable bonds is 4. The van der Waals surface area contributed by atoms with Crippen LogP contribution in [0.3, 0.4) is 0 Å². The van der Waals surface area contributed by atoms with Gasteiger partial charge in [-0.15, -0.1) is 0 Å². The van der Waals surface area contributed by atoms with Gasteiger partial charge in [-0.1, -0.05) is 12.5 Å². The molecule has 0 aromatic carbocycles. The summed E-state index contributed by atoms with van der Waals surface area (Å²) >= 11 is 0. The average molecular weight is 206 g/mol. The van der Waals surface area contributed by atoms with Gasteiger partial charge >= 0.3 is 0 Å². The Kier molecular flexibility index (Phi) is 4.11. The molecule has 3 heteroatoms. The summed E-state index contributed by atoms with van der Waals surface area (Å²) in [5.41, 5.74) is 1.01. The molecule has 0 saturated carbocycles. The molecule has 0 aliphatic carbocycles. The summed E-state index contributed by atoms with van der Waals surface area (Å²) < 4.78 is 5.63. The molecule has 2 heterocycles. The van der Waals surface area contributed by atoms with Gasteiger partial charge in [0.25, 0.3) is 0 Å². The minimum absolute atomic E-state index is 0.544. The third kappa shape index (κ3) is 3.61. The fourth-order valence-electron chi connectivity index (χ4n) is 1.86. The van der Waals surface area contributed by atoms with E-state index >= 15 is 0 Å². The van der Waals surface area contributed by atoms with Crippen molar-refractivity contribution in [1.82, 2.24) is 10.3 Å². The van der Waals surface area contributed by atoms with E-state index < -0.39 is 0 Å². The van der Waals surface area contributed by atoms with Crippen LogP contribution in [0.25, 0.3) is 0 Å². The highest BCUT2D eigenvalue weighted by molar-refractivity contribution is 5.01. The van der Waals surface area contributed by atoms with Crippen LogP contribution in [0.1, 0.15) is 25.0 Å². The standard InChI is InChI=1S/C12H18N2O/c1-3-7-13-11(5-1)9-15-10-12-6-2-4-8-14-12/h1,3,5,7,12,14H,2,4,6,8-10H2. The molecule has 1 saturated heterocycles. The van der Waals surface area contributed by atoms with Crippen molar-refractivity contribution in [2.75, 3.05) is 13.2 Å². The van der Waals surface area contributed by atoms with E-state index in [0.29, 0.717) is 12.6 Å². The number of hydrogen-bond donors (Lipinski definition) is 1. The highest BCUT2D eigenvalue weighted by Crippen LogP contribution is 2.07. The van der Waals surface area contributed by atoms with E-state index in [9.17, 15) is 0 Å². The number of nitrogens with zero attached hydrogens (tertiary/aromatic N) is 1. The van der Waals surface area contributed by atoms with Gasteiger partial charge in [-0.25, -0.2) is 0 Å². The van der Waals surface area contributed by atoms with Gasteiger partial charge in [0.2, 0.25) is 0 Å². The molecule has 1 aliphatic rings. The first-order chi connectivity index (χ1) is 7.45. The van der Waals surface area contributed by atoms with Gasteiger partial charge in [0.05, 0.1) is 18.9 Å². The first kappa shape index (κ1) is 10.6. The van der Waals surface area contributed by atoms with E-state index in [1.807, 2.05) is 18.2 Å². The molecule has 1 fully saturated rings. The fraction of sp³-hybridized carbons (Fsp3) is 0.583. The van der Waals surface area contributed by atoms with Crippen molar-refractivity contribution in [3.8, 4) is 0 Å². The van der Waals surface area contributed by atoms with E-state index in [-0.39, 0.29) is 0 Å². The molecular formula is C12H18N2O. The molecule has 1 aliphatic heterocycles. The van der Waals surface area contributed by atoms with Gasteiger partial charge in [0, 0.05) is 12.2 Å². The molecule has 0 amide bonds. The van der Waals surface area contributed by atoms with E-state index in [4.69, 9.17) is 4.74 Å². The zero-order valence-corrected chi connectivity index (χ0v) is 8.98. The zero-order valence-electron chi connectivity index (χ0n) is 8.98. The second-order valence-corrected chi connectivity index (χ2v) is 3.98. The smallest absolute Gasteiger partial charge is 0.0888 e. The van der Waals surface area contributed by atoms with Crippen LogP contribution in [-0.4, -0.2) is 24.2 Å². The summed E-state index contributed by atoms with van der Waals surface area (Å²) in [7, 11) is 0. The first-order valence-electron chi connectivity index (χ1n) is 5.66. The Morgan fingerprint density at radius 3 is 3.13 bits per heavy atom. The molecule has 3 nitrogen and oxygen atoms in total. The van der Waals surface area contributed by atoms with Crippen LogP contribution < -0.4 is 5.32 Å². The normalized spacial score (nSPS) is 21.5. The van der Waals surface area contributed by atoms with Crippen molar-refractivity contribution >= 4 is 0 Å². The summed E-state index contributed by atoms with van der Waals surface area (Å²) in [5, 5.41) is 3.46. The van der Waals surface area contributed by atoms with Gasteiger partial charge in [0.15, 0.2) is 0 Å². The SMILES string of the molecule is c1ccc(COCC2CCCCN2)nc1. The van der Waals surface area contributed by atoms with Crippen molar-refractivity contribution in [2.45, 2.75) is 31.9 Å². The van der Waals surface area contributed by atoms with Gasteiger partial charge in [-0.05, 0) is 31.5 Å². The van der Waals surface area contributed by atoms with Crippen LogP contribution in [0.15, 0.2) is 24.4 Å². The second kappa shape index (κ2) is 5.83. The zero-order chi connectivity index (χ0) is 10.3. The van der Waals surface area contributed by atoms with E-state index in [1.54, 1.807) is 6.20 Å². The molecule has 1 aromatic heterocycles. The van der Waals surface area contributed by atoms with E-state index in [0.717, 1.165) is 18.8 Å². The molecule has 0 radical (unpaired) electrons. The molecule has 1 N–H and O–H groups in total. The van der Waals surface area contributed by atoms with Gasteiger partial charge in [-0.2, -0.15) is 0 Å². The highest BCUT2D eigenvalue weighted by atomic mass is 16.5. The van der Waals surface area contributed by atoms with E-state index in [1.165, 1.54) is 19.3 Å². The topological polar surface area (TPSA) is 34.1 Å². The summed E-state index contributed by atoms with van der Waals surface area (Å²) in [6.07, 6.45) is 5.67. The third-order valence-electron chi connectivity index (χ3n) is 2.71. The number of piperidine rings is 1. The lowest BCUT2D eigenvalue weighted by atomic mass is 10.1. The minimum Gasteiger partial charge on any atom is -0.374 e. The van der Waals surface area contributed by atoms with Crippen molar-refractivity contribution in [3.63, 3.8) is 0 Å². The quantitative estimate of drug-likeness (QED) is 0.814. The highest BCUT2D eigenvalue weighted by Gasteiger charge is 2.11. The Bertz CT molecular complexity index is 270. The van der Waals surface area contributed by atoms with Crippen LogP contribution >= 0.6 is 0 Å². The fourth-order valence-corrected chi connectivity index (χ4v) is 1.86. The van der Waals surface area contributed by atoms with Crippen molar-refractivity contribution in [1.29, 1.82) is 0 Å². The Labute approximate surface area is 90.9 Å². The van der Waals surface area contributed by atoms with Gasteiger partial charge < -0.3 is 10.1 Å². The largest absolute Gasteiger partial charge is 0.374 e. The maximum Gasteiger partial charge on any atom is 0.0888 e. The van der Waals surface area contributed by atoms with Crippen LogP contribution in [0.4, 0.5) is 0 Å². The average Bonchev–Trinajstić information content (AvgIpc) is 2.32. The molecular weight excluding hydrogens is 188 g/mol. The predicted molar refractivity (Wildman–Crippen MR) is 59.5 cm³/mol. The third-order valence-corrected chi connectivity index (χ3v) is 2.71.